The second-order valence-corrected chi connectivity index (χ2v) is 9.52. The summed E-state index contributed by atoms with van der Waals surface area (Å²) in [5.41, 5.74) is 3.12. The van der Waals surface area contributed by atoms with E-state index in [1.165, 1.54) is 18.7 Å². The van der Waals surface area contributed by atoms with Crippen LogP contribution in [-0.2, 0) is 4.74 Å². The van der Waals surface area contributed by atoms with Crippen LogP contribution in [0.5, 0.6) is 5.88 Å². The molecule has 0 bridgehead atoms. The van der Waals surface area contributed by atoms with Crippen LogP contribution in [0.3, 0.4) is 0 Å². The number of piperidine rings is 1. The SMILES string of the molecule is COc1nc(N[C@@H]2CCN(C3COC3)C[C@H]2F)nn2ccc(-c3ccc4nnn([C@@H](C)C(F)F)c4c3)c12. The van der Waals surface area contributed by atoms with Gasteiger partial charge in [0.2, 0.25) is 11.8 Å². The Morgan fingerprint density at radius 3 is 2.76 bits per heavy atom. The monoisotopic (exact) mass is 516 g/mol. The summed E-state index contributed by atoms with van der Waals surface area (Å²) in [5.74, 6) is 0.577. The van der Waals surface area contributed by atoms with E-state index in [2.05, 4.69) is 30.6 Å². The van der Waals surface area contributed by atoms with Crippen molar-refractivity contribution in [1.29, 1.82) is 0 Å². The number of methoxy groups -OCH3 is 1. The molecule has 2 aliphatic heterocycles. The van der Waals surface area contributed by atoms with Crippen molar-refractivity contribution in [3.63, 3.8) is 0 Å². The Morgan fingerprint density at radius 2 is 2.05 bits per heavy atom. The molecule has 3 aromatic heterocycles. The maximum absolute atomic E-state index is 15.0. The Balaban J connectivity index is 1.29. The van der Waals surface area contributed by atoms with Crippen LogP contribution < -0.4 is 10.1 Å². The van der Waals surface area contributed by atoms with Gasteiger partial charge in [0, 0.05) is 24.8 Å². The number of aromatic nitrogens is 6. The molecule has 3 atom stereocenters. The van der Waals surface area contributed by atoms with E-state index in [1.807, 2.05) is 12.1 Å². The summed E-state index contributed by atoms with van der Waals surface area (Å²) in [6.45, 7) is 3.84. The van der Waals surface area contributed by atoms with Gasteiger partial charge in [-0.25, -0.2) is 22.4 Å². The number of fused-ring (bicyclic) bond motifs is 2. The van der Waals surface area contributed by atoms with Gasteiger partial charge in [0.25, 0.3) is 6.43 Å². The summed E-state index contributed by atoms with van der Waals surface area (Å²) in [7, 11) is 1.51. The van der Waals surface area contributed by atoms with Gasteiger partial charge in [-0.2, -0.15) is 4.98 Å². The zero-order valence-corrected chi connectivity index (χ0v) is 20.4. The molecule has 4 aromatic rings. The Morgan fingerprint density at radius 1 is 1.22 bits per heavy atom. The van der Waals surface area contributed by atoms with Crippen molar-refractivity contribution in [2.24, 2.45) is 0 Å². The first-order valence-electron chi connectivity index (χ1n) is 12.2. The number of nitrogens with zero attached hydrogens (tertiary/aromatic N) is 7. The number of hydrogen-bond acceptors (Lipinski definition) is 8. The lowest BCUT2D eigenvalue weighted by Crippen LogP contribution is -2.57. The van der Waals surface area contributed by atoms with Crippen molar-refractivity contribution in [2.75, 3.05) is 38.7 Å². The van der Waals surface area contributed by atoms with Crippen molar-refractivity contribution in [3.05, 3.63) is 30.5 Å². The number of halogens is 3. The number of likely N-dealkylation sites (tertiary alicyclic amines) is 1. The summed E-state index contributed by atoms with van der Waals surface area (Å²) >= 11 is 0. The molecule has 0 radical (unpaired) electrons. The minimum absolute atomic E-state index is 0.267. The van der Waals surface area contributed by atoms with Crippen molar-refractivity contribution in [1.82, 2.24) is 34.5 Å². The van der Waals surface area contributed by atoms with Crippen LogP contribution in [0, 0.1) is 0 Å². The Hall–Kier alpha value is -3.45. The van der Waals surface area contributed by atoms with Gasteiger partial charge in [-0.3, -0.25) is 4.90 Å². The van der Waals surface area contributed by atoms with Crippen LogP contribution in [-0.4, -0.2) is 92.6 Å². The first-order valence-corrected chi connectivity index (χ1v) is 12.2. The number of benzene rings is 1. The fraction of sp³-hybridized carbons (Fsp3) is 0.500. The average Bonchev–Trinajstić information content (AvgIpc) is 3.47. The van der Waals surface area contributed by atoms with Gasteiger partial charge >= 0.3 is 0 Å². The summed E-state index contributed by atoms with van der Waals surface area (Å²) in [6, 6.07) is 5.96. The first-order chi connectivity index (χ1) is 17.9. The molecule has 196 valence electrons. The molecule has 37 heavy (non-hydrogen) atoms. The molecule has 0 spiro atoms. The van der Waals surface area contributed by atoms with Gasteiger partial charge in [0.05, 0.1) is 37.9 Å². The van der Waals surface area contributed by atoms with Crippen molar-refractivity contribution < 1.29 is 22.6 Å². The topological polar surface area (TPSA) is 94.6 Å². The fourth-order valence-corrected chi connectivity index (χ4v) is 4.96. The summed E-state index contributed by atoms with van der Waals surface area (Å²) in [6.07, 6.45) is -1.27. The zero-order chi connectivity index (χ0) is 25.7. The highest BCUT2D eigenvalue weighted by molar-refractivity contribution is 5.89. The van der Waals surface area contributed by atoms with Crippen LogP contribution in [0.4, 0.5) is 19.1 Å². The molecule has 2 aliphatic rings. The van der Waals surface area contributed by atoms with Crippen molar-refractivity contribution in [2.45, 2.75) is 44.1 Å². The Kier molecular flexibility index (Phi) is 6.11. The van der Waals surface area contributed by atoms with Crippen LogP contribution in [0.1, 0.15) is 19.4 Å². The molecule has 0 aliphatic carbocycles. The van der Waals surface area contributed by atoms with Crippen LogP contribution >= 0.6 is 0 Å². The van der Waals surface area contributed by atoms with Crippen molar-refractivity contribution >= 4 is 22.5 Å². The predicted octanol–water partition coefficient (Wildman–Crippen LogP) is 3.20. The highest BCUT2D eigenvalue weighted by Gasteiger charge is 2.35. The second-order valence-electron chi connectivity index (χ2n) is 9.52. The molecule has 13 heteroatoms. The number of ether oxygens (including phenoxy) is 2. The number of nitrogens with one attached hydrogen (secondary N) is 1. The second kappa shape index (κ2) is 9.45. The third kappa shape index (κ3) is 4.25. The molecular formula is C24H27F3N8O2. The summed E-state index contributed by atoms with van der Waals surface area (Å²) in [5, 5.41) is 15.6. The molecular weight excluding hydrogens is 489 g/mol. The molecule has 0 amide bonds. The lowest BCUT2D eigenvalue weighted by molar-refractivity contribution is -0.0794. The standard InChI is InChI=1S/C24H27F3N8O2/c1-13(22(26)27)35-20-9-14(3-4-19(20)30-32-35)16-5-8-34-21(16)23(36-2)29-24(31-34)28-18-6-7-33(10-17(18)25)15-11-37-12-15/h3-5,8-9,13,15,17-18,22H,6-7,10-12H2,1-2H3,(H,28,31)/t13-,17+,18+/m0/s1. The fourth-order valence-electron chi connectivity index (χ4n) is 4.96. The van der Waals surface area contributed by atoms with E-state index in [-0.39, 0.29) is 5.95 Å². The highest BCUT2D eigenvalue weighted by atomic mass is 19.3. The minimum Gasteiger partial charge on any atom is -0.479 e. The van der Waals surface area contributed by atoms with E-state index >= 15 is 0 Å². The lowest BCUT2D eigenvalue weighted by Gasteiger charge is -2.42. The van der Waals surface area contributed by atoms with Gasteiger partial charge < -0.3 is 14.8 Å². The lowest BCUT2D eigenvalue weighted by atomic mass is 10.0. The maximum Gasteiger partial charge on any atom is 0.260 e. The number of hydrogen-bond donors (Lipinski definition) is 1. The van der Waals surface area contributed by atoms with E-state index in [9.17, 15) is 13.2 Å². The molecule has 0 unspecified atom stereocenters. The molecule has 10 nitrogen and oxygen atoms in total. The van der Waals surface area contributed by atoms with E-state index in [0.29, 0.717) is 54.7 Å². The number of alkyl halides is 3. The quantitative estimate of drug-likeness (QED) is 0.400. The normalized spacial score (nSPS) is 22.0. The molecule has 5 heterocycles. The molecule has 1 aromatic carbocycles. The predicted molar refractivity (Wildman–Crippen MR) is 130 cm³/mol. The van der Waals surface area contributed by atoms with Gasteiger partial charge in [0.15, 0.2) is 0 Å². The minimum atomic E-state index is -2.58. The Labute approximate surface area is 210 Å². The van der Waals surface area contributed by atoms with Gasteiger partial charge in [0.1, 0.15) is 23.2 Å². The number of anilines is 1. The molecule has 6 rings (SSSR count). The third-order valence-corrected chi connectivity index (χ3v) is 7.23. The van der Waals surface area contributed by atoms with E-state index in [0.717, 1.165) is 17.7 Å². The van der Waals surface area contributed by atoms with E-state index in [1.54, 1.807) is 22.8 Å². The molecule has 0 saturated carbocycles. The smallest absolute Gasteiger partial charge is 0.260 e. The largest absolute Gasteiger partial charge is 0.479 e. The number of rotatable bonds is 7. The van der Waals surface area contributed by atoms with Crippen molar-refractivity contribution in [3.8, 4) is 17.0 Å². The first kappa shape index (κ1) is 23.9. The van der Waals surface area contributed by atoms with Crippen LogP contribution in [0.2, 0.25) is 0 Å². The van der Waals surface area contributed by atoms with Gasteiger partial charge in [-0.15, -0.1) is 10.2 Å². The molecule has 1 N–H and O–H groups in total. The van der Waals surface area contributed by atoms with Crippen LogP contribution in [0.25, 0.3) is 27.7 Å². The maximum atomic E-state index is 15.0. The van der Waals surface area contributed by atoms with Gasteiger partial charge in [-0.05, 0) is 37.1 Å². The van der Waals surface area contributed by atoms with Crippen LogP contribution in [0.15, 0.2) is 30.5 Å². The zero-order valence-electron chi connectivity index (χ0n) is 20.4. The molecule has 2 fully saturated rings. The summed E-state index contributed by atoms with van der Waals surface area (Å²) < 4.78 is 55.3. The summed E-state index contributed by atoms with van der Waals surface area (Å²) in [4.78, 5) is 6.65. The van der Waals surface area contributed by atoms with Gasteiger partial charge in [-0.1, -0.05) is 11.3 Å². The third-order valence-electron chi connectivity index (χ3n) is 7.23. The molecule has 2 saturated heterocycles. The Bertz CT molecular complexity index is 1420. The van der Waals surface area contributed by atoms with E-state index in [4.69, 9.17) is 9.47 Å². The van der Waals surface area contributed by atoms with E-state index < -0.39 is 24.7 Å². The highest BCUT2D eigenvalue weighted by Crippen LogP contribution is 2.34. The average molecular weight is 517 g/mol.